The number of nitrogens with one attached hydrogen (secondary N) is 1. The van der Waals surface area contributed by atoms with Gasteiger partial charge in [0, 0.05) is 11.1 Å². The van der Waals surface area contributed by atoms with E-state index in [2.05, 4.69) is 5.32 Å². The molecule has 0 aliphatic heterocycles. The van der Waals surface area contributed by atoms with Crippen molar-refractivity contribution in [2.45, 2.75) is 13.0 Å². The van der Waals surface area contributed by atoms with Gasteiger partial charge in [-0.05, 0) is 25.1 Å². The quantitative estimate of drug-likeness (QED) is 0.472. The molecule has 0 bridgehead atoms. The zero-order chi connectivity index (χ0) is 20.8. The maximum atomic E-state index is 12.8. The first-order chi connectivity index (χ1) is 14.0. The predicted octanol–water partition coefficient (Wildman–Crippen LogP) is 4.76. The number of halogens is 1. The molecule has 1 amide bonds. The molecule has 0 unspecified atom stereocenters. The molecule has 0 radical (unpaired) electrons. The number of hydrogen-bond donors (Lipinski definition) is 1. The van der Waals surface area contributed by atoms with Gasteiger partial charge in [-0.2, -0.15) is 0 Å². The van der Waals surface area contributed by atoms with Crippen LogP contribution in [-0.2, 0) is 9.53 Å². The summed E-state index contributed by atoms with van der Waals surface area (Å²) in [6.45, 7) is 1.45. The van der Waals surface area contributed by atoms with E-state index in [0.717, 1.165) is 0 Å². The first-order valence-electron chi connectivity index (χ1n) is 8.92. The summed E-state index contributed by atoms with van der Waals surface area (Å²) in [6.07, 6.45) is -1.08. The molecule has 3 aromatic carbocycles. The minimum Gasteiger partial charge on any atom is -0.449 e. The van der Waals surface area contributed by atoms with Crippen LogP contribution in [0.5, 0.6) is 0 Å². The Bertz CT molecular complexity index is 1050. The van der Waals surface area contributed by atoms with Gasteiger partial charge < -0.3 is 10.1 Å². The van der Waals surface area contributed by atoms with E-state index in [1.54, 1.807) is 72.8 Å². The number of para-hydroxylation sites is 1. The van der Waals surface area contributed by atoms with Gasteiger partial charge in [-0.15, -0.1) is 0 Å². The van der Waals surface area contributed by atoms with Crippen LogP contribution in [0.25, 0.3) is 0 Å². The van der Waals surface area contributed by atoms with Gasteiger partial charge in [-0.1, -0.05) is 72.3 Å². The van der Waals surface area contributed by atoms with Gasteiger partial charge in [0.1, 0.15) is 0 Å². The number of amides is 1. The molecule has 29 heavy (non-hydrogen) atoms. The Labute approximate surface area is 173 Å². The average Bonchev–Trinajstić information content (AvgIpc) is 2.75. The smallest absolute Gasteiger partial charge is 0.339 e. The highest BCUT2D eigenvalue weighted by Crippen LogP contribution is 2.21. The highest BCUT2D eigenvalue weighted by molar-refractivity contribution is 6.33. The van der Waals surface area contributed by atoms with Crippen LogP contribution in [0, 0.1) is 0 Å². The van der Waals surface area contributed by atoms with Crippen molar-refractivity contribution in [1.29, 1.82) is 0 Å². The Morgan fingerprint density at radius 1 is 0.828 bits per heavy atom. The Morgan fingerprint density at radius 2 is 1.41 bits per heavy atom. The van der Waals surface area contributed by atoms with Crippen LogP contribution in [0.1, 0.15) is 33.2 Å². The standard InChI is InChI=1S/C23H18ClNO4/c1-15(22(27)25-20-14-8-7-13-19(20)24)29-23(28)18-12-6-5-11-17(18)21(26)16-9-3-2-4-10-16/h2-15H,1H3,(H,25,27)/t15-/m1/s1. The minimum atomic E-state index is -1.08. The highest BCUT2D eigenvalue weighted by atomic mass is 35.5. The Balaban J connectivity index is 1.75. The Hall–Kier alpha value is -3.44. The molecule has 0 saturated carbocycles. The second-order valence-corrected chi connectivity index (χ2v) is 6.66. The van der Waals surface area contributed by atoms with Crippen LogP contribution < -0.4 is 5.32 Å². The lowest BCUT2D eigenvalue weighted by Gasteiger charge is -2.15. The fourth-order valence-corrected chi connectivity index (χ4v) is 2.86. The van der Waals surface area contributed by atoms with Crippen LogP contribution in [0.15, 0.2) is 78.9 Å². The molecule has 0 spiro atoms. The third-order valence-electron chi connectivity index (χ3n) is 4.21. The summed E-state index contributed by atoms with van der Waals surface area (Å²) >= 11 is 6.03. The van der Waals surface area contributed by atoms with Crippen LogP contribution in [0.3, 0.4) is 0 Å². The molecule has 1 N–H and O–H groups in total. The predicted molar refractivity (Wildman–Crippen MR) is 111 cm³/mol. The Morgan fingerprint density at radius 3 is 2.10 bits per heavy atom. The maximum Gasteiger partial charge on any atom is 0.339 e. The van der Waals surface area contributed by atoms with Crippen molar-refractivity contribution in [3.8, 4) is 0 Å². The highest BCUT2D eigenvalue weighted by Gasteiger charge is 2.23. The normalized spacial score (nSPS) is 11.4. The van der Waals surface area contributed by atoms with Crippen LogP contribution >= 0.6 is 11.6 Å². The zero-order valence-corrected chi connectivity index (χ0v) is 16.3. The lowest BCUT2D eigenvalue weighted by molar-refractivity contribution is -0.123. The average molecular weight is 408 g/mol. The third-order valence-corrected chi connectivity index (χ3v) is 4.54. The first-order valence-corrected chi connectivity index (χ1v) is 9.30. The monoisotopic (exact) mass is 407 g/mol. The largest absolute Gasteiger partial charge is 0.449 e. The topological polar surface area (TPSA) is 72.5 Å². The number of benzene rings is 3. The molecule has 3 rings (SSSR count). The summed E-state index contributed by atoms with van der Waals surface area (Å²) in [5, 5.41) is 2.99. The minimum absolute atomic E-state index is 0.0961. The molecule has 0 aliphatic carbocycles. The molecule has 5 nitrogen and oxygen atoms in total. The van der Waals surface area contributed by atoms with Gasteiger partial charge in [-0.25, -0.2) is 4.79 Å². The molecule has 3 aromatic rings. The van der Waals surface area contributed by atoms with Crippen LogP contribution in [0.2, 0.25) is 5.02 Å². The number of ketones is 1. The van der Waals surface area contributed by atoms with Crippen molar-refractivity contribution < 1.29 is 19.1 Å². The van der Waals surface area contributed by atoms with Crippen molar-refractivity contribution in [2.75, 3.05) is 5.32 Å². The van der Waals surface area contributed by atoms with Gasteiger partial charge in [0.15, 0.2) is 11.9 Å². The van der Waals surface area contributed by atoms with E-state index >= 15 is 0 Å². The summed E-state index contributed by atoms with van der Waals surface area (Å²) in [4.78, 5) is 37.8. The summed E-state index contributed by atoms with van der Waals surface area (Å²) in [7, 11) is 0. The van der Waals surface area contributed by atoms with Gasteiger partial charge in [0.05, 0.1) is 16.3 Å². The maximum absolute atomic E-state index is 12.8. The fourth-order valence-electron chi connectivity index (χ4n) is 2.68. The molecule has 6 heteroatoms. The van der Waals surface area contributed by atoms with E-state index in [-0.39, 0.29) is 16.9 Å². The van der Waals surface area contributed by atoms with Gasteiger partial charge >= 0.3 is 5.97 Å². The molecule has 146 valence electrons. The zero-order valence-electron chi connectivity index (χ0n) is 15.6. The summed E-state index contributed by atoms with van der Waals surface area (Å²) in [6, 6.07) is 21.7. The molecule has 0 saturated heterocycles. The first kappa shape index (κ1) is 20.3. The number of ether oxygens (including phenoxy) is 1. The van der Waals surface area contributed by atoms with E-state index in [1.807, 2.05) is 0 Å². The Kier molecular flexibility index (Phi) is 6.42. The fraction of sp³-hybridized carbons (Fsp3) is 0.0870. The number of esters is 1. The second kappa shape index (κ2) is 9.17. The van der Waals surface area contributed by atoms with E-state index in [1.165, 1.54) is 13.0 Å². The number of rotatable bonds is 6. The molecular weight excluding hydrogens is 390 g/mol. The van der Waals surface area contributed by atoms with Gasteiger partial charge in [0.25, 0.3) is 5.91 Å². The summed E-state index contributed by atoms with van der Waals surface area (Å²) < 4.78 is 5.29. The number of carbonyl (C=O) groups is 3. The van der Waals surface area contributed by atoms with E-state index in [0.29, 0.717) is 16.3 Å². The number of anilines is 1. The van der Waals surface area contributed by atoms with Gasteiger partial charge in [0.2, 0.25) is 0 Å². The van der Waals surface area contributed by atoms with Gasteiger partial charge in [-0.3, -0.25) is 9.59 Å². The molecular formula is C23H18ClNO4. The van der Waals surface area contributed by atoms with Crippen LogP contribution in [0.4, 0.5) is 5.69 Å². The SMILES string of the molecule is C[C@@H](OC(=O)c1ccccc1C(=O)c1ccccc1)C(=O)Nc1ccccc1Cl. The molecule has 0 fully saturated rings. The molecule has 0 aromatic heterocycles. The summed E-state index contributed by atoms with van der Waals surface area (Å²) in [5.74, 6) is -1.59. The van der Waals surface area contributed by atoms with Crippen molar-refractivity contribution in [2.24, 2.45) is 0 Å². The second-order valence-electron chi connectivity index (χ2n) is 6.26. The molecule has 0 aliphatic rings. The lowest BCUT2D eigenvalue weighted by atomic mass is 9.98. The van der Waals surface area contributed by atoms with Crippen molar-refractivity contribution in [3.63, 3.8) is 0 Å². The van der Waals surface area contributed by atoms with E-state index in [9.17, 15) is 14.4 Å². The lowest BCUT2D eigenvalue weighted by Crippen LogP contribution is -2.30. The van der Waals surface area contributed by atoms with E-state index < -0.39 is 18.0 Å². The molecule has 0 heterocycles. The third kappa shape index (κ3) is 4.89. The molecule has 1 atom stereocenters. The van der Waals surface area contributed by atoms with Crippen molar-refractivity contribution in [1.82, 2.24) is 0 Å². The number of carbonyl (C=O) groups excluding carboxylic acids is 3. The summed E-state index contributed by atoms with van der Waals surface area (Å²) in [5.41, 5.74) is 1.18. The van der Waals surface area contributed by atoms with E-state index in [4.69, 9.17) is 16.3 Å². The van der Waals surface area contributed by atoms with Crippen LogP contribution in [-0.4, -0.2) is 23.8 Å². The van der Waals surface area contributed by atoms with Crippen molar-refractivity contribution in [3.05, 3.63) is 101 Å². The number of hydrogen-bond acceptors (Lipinski definition) is 4. The van der Waals surface area contributed by atoms with Crippen molar-refractivity contribution >= 4 is 34.9 Å².